The van der Waals surface area contributed by atoms with E-state index in [1.165, 1.54) is 24.0 Å². The lowest BCUT2D eigenvalue weighted by atomic mass is 9.86. The first-order valence-electron chi connectivity index (χ1n) is 6.51. The molecule has 1 unspecified atom stereocenters. The summed E-state index contributed by atoms with van der Waals surface area (Å²) in [5.41, 5.74) is 2.98. The second-order valence-corrected chi connectivity index (χ2v) is 6.27. The molecule has 0 saturated carbocycles. The molecular weight excluding hydrogens is 210 g/mol. The minimum atomic E-state index is 0.300. The number of hydrogen-bond acceptors (Lipinski definition) is 2. The Balaban J connectivity index is 2.14. The Hall–Kier alpha value is -1.02. The summed E-state index contributed by atoms with van der Waals surface area (Å²) >= 11 is 0. The number of hydrogen-bond donors (Lipinski definition) is 2. The second kappa shape index (κ2) is 4.69. The fourth-order valence-electron chi connectivity index (χ4n) is 2.43. The van der Waals surface area contributed by atoms with E-state index in [1.807, 2.05) is 6.07 Å². The predicted molar refractivity (Wildman–Crippen MR) is 71.2 cm³/mol. The van der Waals surface area contributed by atoms with Gasteiger partial charge >= 0.3 is 0 Å². The fourth-order valence-corrected chi connectivity index (χ4v) is 2.43. The molecule has 17 heavy (non-hydrogen) atoms. The zero-order valence-electron chi connectivity index (χ0n) is 11.1. The highest BCUT2D eigenvalue weighted by atomic mass is 16.3. The lowest BCUT2D eigenvalue weighted by Gasteiger charge is -2.29. The van der Waals surface area contributed by atoms with Gasteiger partial charge in [0.25, 0.3) is 0 Å². The first-order chi connectivity index (χ1) is 7.96. The first-order valence-corrected chi connectivity index (χ1v) is 6.51. The van der Waals surface area contributed by atoms with Crippen LogP contribution < -0.4 is 5.32 Å². The van der Waals surface area contributed by atoms with Gasteiger partial charge in [0.05, 0.1) is 0 Å². The molecule has 0 fully saturated rings. The topological polar surface area (TPSA) is 32.3 Å². The lowest BCUT2D eigenvalue weighted by molar-refractivity contribution is 0.336. The SMILES string of the molecule is CC(C)(C)CNC1CCCc2ccc(O)cc21. The largest absolute Gasteiger partial charge is 0.508 e. The number of phenolic OH excluding ortho intramolecular Hbond substituents is 1. The molecule has 2 nitrogen and oxygen atoms in total. The summed E-state index contributed by atoms with van der Waals surface area (Å²) in [6, 6.07) is 6.19. The van der Waals surface area contributed by atoms with Gasteiger partial charge in [-0.3, -0.25) is 0 Å². The Morgan fingerprint density at radius 1 is 1.35 bits per heavy atom. The fraction of sp³-hybridized carbons (Fsp3) is 0.600. The smallest absolute Gasteiger partial charge is 0.115 e. The minimum absolute atomic E-state index is 0.300. The summed E-state index contributed by atoms with van der Waals surface area (Å²) in [5, 5.41) is 13.2. The van der Waals surface area contributed by atoms with E-state index in [-0.39, 0.29) is 0 Å². The van der Waals surface area contributed by atoms with Gasteiger partial charge in [-0.05, 0) is 47.9 Å². The molecule has 1 aliphatic carbocycles. The number of rotatable bonds is 2. The Labute approximate surface area is 104 Å². The van der Waals surface area contributed by atoms with E-state index in [0.29, 0.717) is 17.2 Å². The van der Waals surface area contributed by atoms with E-state index < -0.39 is 0 Å². The van der Waals surface area contributed by atoms with Crippen LogP contribution >= 0.6 is 0 Å². The Morgan fingerprint density at radius 3 is 2.82 bits per heavy atom. The van der Waals surface area contributed by atoms with Crippen LogP contribution in [0.5, 0.6) is 5.75 Å². The highest BCUT2D eigenvalue weighted by Crippen LogP contribution is 2.32. The molecule has 2 N–H and O–H groups in total. The molecule has 1 atom stereocenters. The molecule has 0 spiro atoms. The van der Waals surface area contributed by atoms with Crippen molar-refractivity contribution in [1.29, 1.82) is 0 Å². The van der Waals surface area contributed by atoms with Crippen LogP contribution in [-0.4, -0.2) is 11.7 Å². The summed E-state index contributed by atoms with van der Waals surface area (Å²) in [6.45, 7) is 7.73. The van der Waals surface area contributed by atoms with Crippen molar-refractivity contribution in [1.82, 2.24) is 5.32 Å². The third-order valence-electron chi connectivity index (χ3n) is 3.32. The highest BCUT2D eigenvalue weighted by molar-refractivity contribution is 5.38. The van der Waals surface area contributed by atoms with Crippen molar-refractivity contribution in [2.75, 3.05) is 6.54 Å². The quantitative estimate of drug-likeness (QED) is 0.820. The molecule has 94 valence electrons. The van der Waals surface area contributed by atoms with Gasteiger partial charge < -0.3 is 10.4 Å². The van der Waals surface area contributed by atoms with Crippen LogP contribution in [0.2, 0.25) is 0 Å². The number of nitrogens with one attached hydrogen (secondary N) is 1. The van der Waals surface area contributed by atoms with Crippen molar-refractivity contribution in [2.45, 2.75) is 46.1 Å². The maximum absolute atomic E-state index is 9.61. The van der Waals surface area contributed by atoms with Gasteiger partial charge in [-0.1, -0.05) is 26.8 Å². The summed E-state index contributed by atoms with van der Waals surface area (Å²) in [5.74, 6) is 0.383. The number of benzene rings is 1. The van der Waals surface area contributed by atoms with E-state index in [9.17, 15) is 5.11 Å². The summed E-state index contributed by atoms with van der Waals surface area (Å²) in [6.07, 6.45) is 3.55. The molecule has 2 rings (SSSR count). The number of fused-ring (bicyclic) bond motifs is 1. The van der Waals surface area contributed by atoms with Gasteiger partial charge in [-0.15, -0.1) is 0 Å². The normalized spacial score (nSPS) is 20.1. The van der Waals surface area contributed by atoms with Crippen LogP contribution in [0.3, 0.4) is 0 Å². The standard InChI is InChI=1S/C15H23NO/c1-15(2,3)10-16-14-6-4-5-11-7-8-12(17)9-13(11)14/h7-9,14,16-17H,4-6,10H2,1-3H3. The van der Waals surface area contributed by atoms with Crippen LogP contribution in [-0.2, 0) is 6.42 Å². The average molecular weight is 233 g/mol. The van der Waals surface area contributed by atoms with Crippen LogP contribution in [0.15, 0.2) is 18.2 Å². The third kappa shape index (κ3) is 3.22. The molecule has 0 saturated heterocycles. The van der Waals surface area contributed by atoms with Gasteiger partial charge in [0.2, 0.25) is 0 Å². The molecule has 1 aromatic carbocycles. The van der Waals surface area contributed by atoms with Crippen molar-refractivity contribution in [3.05, 3.63) is 29.3 Å². The van der Waals surface area contributed by atoms with Gasteiger partial charge in [0, 0.05) is 12.6 Å². The number of phenols is 1. The van der Waals surface area contributed by atoms with Crippen molar-refractivity contribution in [2.24, 2.45) is 5.41 Å². The maximum Gasteiger partial charge on any atom is 0.115 e. The Bertz CT molecular complexity index is 392. The van der Waals surface area contributed by atoms with Gasteiger partial charge in [-0.2, -0.15) is 0 Å². The third-order valence-corrected chi connectivity index (χ3v) is 3.32. The Kier molecular flexibility index (Phi) is 3.43. The van der Waals surface area contributed by atoms with Crippen molar-refractivity contribution < 1.29 is 5.11 Å². The van der Waals surface area contributed by atoms with E-state index >= 15 is 0 Å². The molecule has 0 radical (unpaired) electrons. The molecule has 0 heterocycles. The maximum atomic E-state index is 9.61. The molecule has 1 aliphatic rings. The van der Waals surface area contributed by atoms with Crippen LogP contribution in [0.1, 0.15) is 50.8 Å². The second-order valence-electron chi connectivity index (χ2n) is 6.27. The molecular formula is C15H23NO. The molecule has 0 bridgehead atoms. The molecule has 1 aromatic rings. The zero-order chi connectivity index (χ0) is 12.5. The van der Waals surface area contributed by atoms with Crippen LogP contribution in [0.25, 0.3) is 0 Å². The van der Waals surface area contributed by atoms with E-state index in [0.717, 1.165) is 13.0 Å². The van der Waals surface area contributed by atoms with Gasteiger partial charge in [0.1, 0.15) is 5.75 Å². The molecule has 0 aromatic heterocycles. The number of aryl methyl sites for hydroxylation is 1. The highest BCUT2D eigenvalue weighted by Gasteiger charge is 2.21. The Morgan fingerprint density at radius 2 is 2.12 bits per heavy atom. The van der Waals surface area contributed by atoms with E-state index in [1.54, 1.807) is 6.07 Å². The monoisotopic (exact) mass is 233 g/mol. The first kappa shape index (κ1) is 12.4. The van der Waals surface area contributed by atoms with Crippen molar-refractivity contribution in [3.8, 4) is 5.75 Å². The van der Waals surface area contributed by atoms with Gasteiger partial charge in [0.15, 0.2) is 0 Å². The minimum Gasteiger partial charge on any atom is -0.508 e. The van der Waals surface area contributed by atoms with Crippen LogP contribution in [0.4, 0.5) is 0 Å². The molecule has 0 amide bonds. The average Bonchev–Trinajstić information content (AvgIpc) is 2.25. The molecule has 0 aliphatic heterocycles. The number of aromatic hydroxyl groups is 1. The predicted octanol–water partition coefficient (Wildman–Crippen LogP) is 3.41. The van der Waals surface area contributed by atoms with E-state index in [2.05, 4.69) is 32.2 Å². The molecule has 2 heteroatoms. The lowest BCUT2D eigenvalue weighted by Crippen LogP contribution is -2.32. The summed E-state index contributed by atoms with van der Waals surface area (Å²) < 4.78 is 0. The van der Waals surface area contributed by atoms with Crippen molar-refractivity contribution >= 4 is 0 Å². The van der Waals surface area contributed by atoms with Crippen molar-refractivity contribution in [3.63, 3.8) is 0 Å². The summed E-state index contributed by atoms with van der Waals surface area (Å²) in [4.78, 5) is 0. The van der Waals surface area contributed by atoms with E-state index in [4.69, 9.17) is 0 Å². The van der Waals surface area contributed by atoms with Gasteiger partial charge in [-0.25, -0.2) is 0 Å². The zero-order valence-corrected chi connectivity index (χ0v) is 11.1. The summed E-state index contributed by atoms with van der Waals surface area (Å²) in [7, 11) is 0. The van der Waals surface area contributed by atoms with Crippen LogP contribution in [0, 0.1) is 5.41 Å².